The first kappa shape index (κ1) is 20.8. The molecule has 3 atom stereocenters. The van der Waals surface area contributed by atoms with Crippen LogP contribution in [-0.2, 0) is 29.1 Å². The number of amides is 5. The topological polar surface area (TPSA) is 214 Å². The van der Waals surface area contributed by atoms with E-state index in [0.29, 0.717) is 5.06 Å². The molecule has 27 heavy (non-hydrogen) atoms. The van der Waals surface area contributed by atoms with Crippen LogP contribution < -0.4 is 22.3 Å². The van der Waals surface area contributed by atoms with Crippen LogP contribution in [0.1, 0.15) is 25.7 Å². The van der Waals surface area contributed by atoms with Crippen molar-refractivity contribution < 1.29 is 36.4 Å². The van der Waals surface area contributed by atoms with Crippen molar-refractivity contribution in [3.8, 4) is 0 Å². The Hall–Kier alpha value is -2.49. The van der Waals surface area contributed by atoms with E-state index >= 15 is 0 Å². The third-order valence-electron chi connectivity index (χ3n) is 4.15. The third kappa shape index (κ3) is 5.25. The van der Waals surface area contributed by atoms with Gasteiger partial charge in [-0.15, -0.1) is 4.28 Å². The lowest BCUT2D eigenvalue weighted by atomic mass is 10.0. The SMILES string of the molecule is NC(=O)CCC(N)C(=O)NNC(=O)C1CCC2CN1C(=O)N2OS(=O)(=O)O. The molecule has 5 amide bonds. The summed E-state index contributed by atoms with van der Waals surface area (Å²) in [4.78, 5) is 48.0. The highest BCUT2D eigenvalue weighted by atomic mass is 32.3. The lowest BCUT2D eigenvalue weighted by Gasteiger charge is -2.29. The summed E-state index contributed by atoms with van der Waals surface area (Å²) < 4.78 is 34.6. The van der Waals surface area contributed by atoms with Gasteiger partial charge in [-0.1, -0.05) is 0 Å². The van der Waals surface area contributed by atoms with E-state index in [1.54, 1.807) is 0 Å². The fourth-order valence-electron chi connectivity index (χ4n) is 2.83. The molecular formula is C12H20N6O8S. The maximum atomic E-state index is 12.3. The molecule has 14 nitrogen and oxygen atoms in total. The standard InChI is InChI=1S/C12H20N6O8S/c13-7(2-4-9(14)19)10(20)15-16-11(21)8-3-1-6-5-17(8)12(22)18(6)26-27(23,24)25/h6-8H,1-5,13H2,(H2,14,19)(H,15,20)(H,16,21)(H,23,24,25). The van der Waals surface area contributed by atoms with Gasteiger partial charge in [0.15, 0.2) is 0 Å². The molecule has 0 aliphatic carbocycles. The van der Waals surface area contributed by atoms with Gasteiger partial charge in [0.25, 0.3) is 11.8 Å². The van der Waals surface area contributed by atoms with Crippen molar-refractivity contribution in [3.05, 3.63) is 0 Å². The molecule has 2 aliphatic heterocycles. The number of hydrazine groups is 1. The summed E-state index contributed by atoms with van der Waals surface area (Å²) in [5.74, 6) is -2.09. The lowest BCUT2D eigenvalue weighted by Crippen LogP contribution is -2.56. The quantitative estimate of drug-likeness (QED) is 0.211. The number of fused-ring (bicyclic) bond motifs is 2. The maximum absolute atomic E-state index is 12.3. The predicted molar refractivity (Wildman–Crippen MR) is 86.1 cm³/mol. The number of urea groups is 1. The fourth-order valence-corrected chi connectivity index (χ4v) is 3.22. The average Bonchev–Trinajstić information content (AvgIpc) is 2.80. The fraction of sp³-hybridized carbons (Fsp3) is 0.667. The van der Waals surface area contributed by atoms with Gasteiger partial charge in [0, 0.05) is 13.0 Å². The Morgan fingerprint density at radius 1 is 1.30 bits per heavy atom. The summed E-state index contributed by atoms with van der Waals surface area (Å²) >= 11 is 0. The summed E-state index contributed by atoms with van der Waals surface area (Å²) in [7, 11) is -4.89. The summed E-state index contributed by atoms with van der Waals surface area (Å²) in [6, 6.07) is -3.59. The second-order valence-corrected chi connectivity index (χ2v) is 7.10. The Labute approximate surface area is 154 Å². The minimum Gasteiger partial charge on any atom is -0.370 e. The number of hydroxylamine groups is 2. The van der Waals surface area contributed by atoms with E-state index in [2.05, 4.69) is 15.1 Å². The predicted octanol–water partition coefficient (Wildman–Crippen LogP) is -3.27. The Bertz CT molecular complexity index is 742. The molecule has 0 spiro atoms. The van der Waals surface area contributed by atoms with Crippen molar-refractivity contribution in [2.75, 3.05) is 6.54 Å². The van der Waals surface area contributed by atoms with E-state index in [9.17, 15) is 27.6 Å². The molecular weight excluding hydrogens is 388 g/mol. The van der Waals surface area contributed by atoms with Crippen molar-refractivity contribution in [1.82, 2.24) is 20.8 Å². The number of hydrogen-bond acceptors (Lipinski definition) is 8. The molecule has 0 aromatic heterocycles. The number of carbonyl (C=O) groups is 4. The molecule has 2 rings (SSSR count). The van der Waals surface area contributed by atoms with Crippen LogP contribution in [0.3, 0.4) is 0 Å². The summed E-state index contributed by atoms with van der Waals surface area (Å²) in [5, 5.41) is 0.501. The molecule has 0 saturated carbocycles. The molecule has 2 fully saturated rings. The number of hydrogen-bond donors (Lipinski definition) is 5. The van der Waals surface area contributed by atoms with E-state index < -0.39 is 52.3 Å². The smallest absolute Gasteiger partial charge is 0.370 e. The van der Waals surface area contributed by atoms with Crippen LogP contribution in [0, 0.1) is 0 Å². The van der Waals surface area contributed by atoms with Gasteiger partial charge in [0.1, 0.15) is 6.04 Å². The number of rotatable bonds is 7. The van der Waals surface area contributed by atoms with Crippen molar-refractivity contribution in [2.45, 2.75) is 43.8 Å². The van der Waals surface area contributed by atoms with Gasteiger partial charge < -0.3 is 16.4 Å². The molecule has 2 saturated heterocycles. The van der Waals surface area contributed by atoms with Crippen LogP contribution in [0.25, 0.3) is 0 Å². The van der Waals surface area contributed by atoms with Gasteiger partial charge in [-0.2, -0.15) is 13.5 Å². The first-order valence-electron chi connectivity index (χ1n) is 7.90. The second-order valence-electron chi connectivity index (χ2n) is 6.10. The molecule has 2 heterocycles. The van der Waals surface area contributed by atoms with E-state index in [-0.39, 0.29) is 32.2 Å². The number of piperidine rings is 1. The Kier molecular flexibility index (Phi) is 6.19. The summed E-state index contributed by atoms with van der Waals surface area (Å²) in [6.07, 6.45) is 0.312. The van der Waals surface area contributed by atoms with Gasteiger partial charge in [-0.05, 0) is 19.3 Å². The zero-order chi connectivity index (χ0) is 20.4. The highest BCUT2D eigenvalue weighted by molar-refractivity contribution is 7.80. The molecule has 0 aromatic rings. The lowest BCUT2D eigenvalue weighted by molar-refractivity contribution is -0.132. The molecule has 2 bridgehead atoms. The molecule has 0 radical (unpaired) electrons. The van der Waals surface area contributed by atoms with Gasteiger partial charge in [-0.25, -0.2) is 4.79 Å². The zero-order valence-electron chi connectivity index (χ0n) is 14.0. The van der Waals surface area contributed by atoms with E-state index in [1.807, 2.05) is 0 Å². The van der Waals surface area contributed by atoms with Crippen LogP contribution in [0.5, 0.6) is 0 Å². The molecule has 3 unspecified atom stereocenters. The third-order valence-corrected chi connectivity index (χ3v) is 4.50. The van der Waals surface area contributed by atoms with Crippen molar-refractivity contribution >= 4 is 34.2 Å². The van der Waals surface area contributed by atoms with E-state index in [4.69, 9.17) is 16.0 Å². The number of primary amides is 1. The highest BCUT2D eigenvalue weighted by Crippen LogP contribution is 2.30. The Balaban J connectivity index is 1.90. The summed E-state index contributed by atoms with van der Waals surface area (Å²) in [5.41, 5.74) is 14.7. The number of nitrogens with one attached hydrogen (secondary N) is 2. The normalized spacial score (nSPS) is 23.1. The van der Waals surface area contributed by atoms with Gasteiger partial charge in [0.2, 0.25) is 5.91 Å². The van der Waals surface area contributed by atoms with Crippen LogP contribution in [0.15, 0.2) is 0 Å². The van der Waals surface area contributed by atoms with Crippen LogP contribution in [0.2, 0.25) is 0 Å². The van der Waals surface area contributed by atoms with Crippen molar-refractivity contribution in [1.29, 1.82) is 0 Å². The molecule has 15 heteroatoms. The highest BCUT2D eigenvalue weighted by Gasteiger charge is 2.49. The molecule has 152 valence electrons. The summed E-state index contributed by atoms with van der Waals surface area (Å²) in [6.45, 7) is 0.0124. The van der Waals surface area contributed by atoms with Crippen LogP contribution in [0.4, 0.5) is 4.79 Å². The monoisotopic (exact) mass is 408 g/mol. The van der Waals surface area contributed by atoms with Gasteiger partial charge >= 0.3 is 16.4 Å². The number of carbonyl (C=O) groups excluding carboxylic acids is 4. The van der Waals surface area contributed by atoms with E-state index in [0.717, 1.165) is 4.90 Å². The van der Waals surface area contributed by atoms with Gasteiger partial charge in [0.05, 0.1) is 12.1 Å². The van der Waals surface area contributed by atoms with E-state index in [1.165, 1.54) is 0 Å². The number of nitrogens with zero attached hydrogens (tertiary/aromatic N) is 2. The Morgan fingerprint density at radius 2 is 1.96 bits per heavy atom. The minimum absolute atomic E-state index is 0.00527. The van der Waals surface area contributed by atoms with Gasteiger partial charge in [-0.3, -0.25) is 29.8 Å². The molecule has 2 aliphatic rings. The second kappa shape index (κ2) is 8.03. The first-order chi connectivity index (χ1) is 12.5. The Morgan fingerprint density at radius 3 is 2.56 bits per heavy atom. The average molecular weight is 408 g/mol. The zero-order valence-corrected chi connectivity index (χ0v) is 14.8. The maximum Gasteiger partial charge on any atom is 0.418 e. The van der Waals surface area contributed by atoms with Crippen LogP contribution >= 0.6 is 0 Å². The largest absolute Gasteiger partial charge is 0.418 e. The van der Waals surface area contributed by atoms with Crippen molar-refractivity contribution in [3.63, 3.8) is 0 Å². The van der Waals surface area contributed by atoms with Crippen molar-refractivity contribution in [2.24, 2.45) is 11.5 Å². The number of nitrogens with two attached hydrogens (primary N) is 2. The minimum atomic E-state index is -4.89. The first-order valence-corrected chi connectivity index (χ1v) is 9.26. The molecule has 7 N–H and O–H groups in total. The van der Waals surface area contributed by atoms with Crippen LogP contribution in [-0.4, -0.2) is 71.4 Å². The molecule has 0 aromatic carbocycles.